The van der Waals surface area contributed by atoms with Gasteiger partial charge in [-0.05, 0) is 62.8 Å². The molecule has 2 aromatic rings. The van der Waals surface area contributed by atoms with Crippen molar-refractivity contribution in [2.24, 2.45) is 5.92 Å². The number of halogens is 1. The van der Waals surface area contributed by atoms with Crippen LogP contribution in [0.25, 0.3) is 0 Å². The molecular formula is C21H28ClN5O. The fourth-order valence-electron chi connectivity index (χ4n) is 3.59. The quantitative estimate of drug-likeness (QED) is 0.768. The minimum Gasteiger partial charge on any atom is -0.362 e. The fraction of sp³-hybridized carbons (Fsp3) is 0.476. The van der Waals surface area contributed by atoms with Gasteiger partial charge in [-0.2, -0.15) is 4.98 Å². The number of carbonyl (C=O) groups is 1. The van der Waals surface area contributed by atoms with Crippen LogP contribution in [0.3, 0.4) is 0 Å². The Kier molecular flexibility index (Phi) is 6.73. The van der Waals surface area contributed by atoms with Crippen molar-refractivity contribution in [2.75, 3.05) is 30.9 Å². The second-order valence-electron chi connectivity index (χ2n) is 7.67. The van der Waals surface area contributed by atoms with Gasteiger partial charge in [0.15, 0.2) is 0 Å². The van der Waals surface area contributed by atoms with Gasteiger partial charge in [-0.1, -0.05) is 11.6 Å². The molecular weight excluding hydrogens is 374 g/mol. The molecule has 0 spiro atoms. The van der Waals surface area contributed by atoms with Crippen LogP contribution in [0.2, 0.25) is 5.02 Å². The van der Waals surface area contributed by atoms with E-state index in [0.29, 0.717) is 35.0 Å². The summed E-state index contributed by atoms with van der Waals surface area (Å²) >= 11 is 5.87. The minimum absolute atomic E-state index is 0.0406. The van der Waals surface area contributed by atoms with Crippen molar-refractivity contribution in [3.05, 3.63) is 46.6 Å². The van der Waals surface area contributed by atoms with E-state index in [-0.39, 0.29) is 5.91 Å². The smallest absolute Gasteiger partial charge is 0.251 e. The molecule has 0 aliphatic heterocycles. The van der Waals surface area contributed by atoms with Crippen LogP contribution < -0.4 is 15.5 Å². The third-order valence-electron chi connectivity index (χ3n) is 5.21. The van der Waals surface area contributed by atoms with Crippen molar-refractivity contribution in [1.29, 1.82) is 0 Å². The van der Waals surface area contributed by atoms with Crippen molar-refractivity contribution >= 4 is 29.3 Å². The zero-order valence-corrected chi connectivity index (χ0v) is 17.5. The molecule has 0 atom stereocenters. The third kappa shape index (κ3) is 5.35. The molecule has 1 heterocycles. The van der Waals surface area contributed by atoms with Crippen LogP contribution in [0.15, 0.2) is 30.5 Å². The molecule has 1 aromatic carbocycles. The first-order valence-corrected chi connectivity index (χ1v) is 10.1. The molecule has 0 bridgehead atoms. The number of aryl methyl sites for hydroxylation is 1. The van der Waals surface area contributed by atoms with E-state index in [1.165, 1.54) is 0 Å². The molecule has 1 saturated carbocycles. The molecule has 1 aromatic heterocycles. The maximum Gasteiger partial charge on any atom is 0.251 e. The van der Waals surface area contributed by atoms with Crippen molar-refractivity contribution in [2.45, 2.75) is 38.6 Å². The highest BCUT2D eigenvalue weighted by molar-refractivity contribution is 6.30. The van der Waals surface area contributed by atoms with E-state index in [2.05, 4.69) is 20.6 Å². The van der Waals surface area contributed by atoms with E-state index in [1.54, 1.807) is 24.3 Å². The number of rotatable bonds is 6. The van der Waals surface area contributed by atoms with Crippen LogP contribution in [0.1, 0.15) is 41.6 Å². The zero-order valence-electron chi connectivity index (χ0n) is 16.7. The summed E-state index contributed by atoms with van der Waals surface area (Å²) in [6, 6.07) is 7.36. The van der Waals surface area contributed by atoms with Gasteiger partial charge in [0.25, 0.3) is 5.91 Å². The molecule has 6 nitrogen and oxygen atoms in total. The summed E-state index contributed by atoms with van der Waals surface area (Å²) in [5.74, 6) is 2.09. The number of aromatic nitrogens is 2. The molecule has 2 N–H and O–H groups in total. The van der Waals surface area contributed by atoms with E-state index in [4.69, 9.17) is 11.6 Å². The van der Waals surface area contributed by atoms with Gasteiger partial charge in [0.1, 0.15) is 5.82 Å². The summed E-state index contributed by atoms with van der Waals surface area (Å²) in [7, 11) is 3.98. The van der Waals surface area contributed by atoms with Crippen molar-refractivity contribution in [1.82, 2.24) is 15.3 Å². The molecule has 1 aliphatic rings. The Labute approximate surface area is 171 Å². The maximum absolute atomic E-state index is 12.2. The van der Waals surface area contributed by atoms with Crippen LogP contribution >= 0.6 is 11.6 Å². The second-order valence-corrected chi connectivity index (χ2v) is 8.11. The van der Waals surface area contributed by atoms with Crippen molar-refractivity contribution < 1.29 is 4.79 Å². The lowest BCUT2D eigenvalue weighted by Gasteiger charge is -2.29. The lowest BCUT2D eigenvalue weighted by molar-refractivity contribution is 0.0943. The molecule has 0 radical (unpaired) electrons. The fourth-order valence-corrected chi connectivity index (χ4v) is 3.72. The number of amides is 1. The molecule has 3 rings (SSSR count). The summed E-state index contributed by atoms with van der Waals surface area (Å²) < 4.78 is 0. The van der Waals surface area contributed by atoms with E-state index in [1.807, 2.05) is 32.1 Å². The molecule has 28 heavy (non-hydrogen) atoms. The number of anilines is 2. The van der Waals surface area contributed by atoms with Crippen LogP contribution in [0.4, 0.5) is 11.8 Å². The number of carbonyl (C=O) groups excluding carboxylic acids is 1. The Morgan fingerprint density at radius 3 is 2.50 bits per heavy atom. The van der Waals surface area contributed by atoms with E-state index >= 15 is 0 Å². The highest BCUT2D eigenvalue weighted by Gasteiger charge is 2.22. The molecule has 1 amide bonds. The highest BCUT2D eigenvalue weighted by atomic mass is 35.5. The summed E-state index contributed by atoms with van der Waals surface area (Å²) in [6.07, 6.45) is 6.12. The number of nitrogens with one attached hydrogen (secondary N) is 2. The number of nitrogens with zero attached hydrogens (tertiary/aromatic N) is 3. The molecule has 150 valence electrons. The molecule has 1 aliphatic carbocycles. The van der Waals surface area contributed by atoms with Crippen LogP contribution in [0, 0.1) is 12.8 Å². The van der Waals surface area contributed by atoms with Gasteiger partial charge in [0.05, 0.1) is 0 Å². The Hall–Kier alpha value is -2.34. The SMILES string of the molecule is Cc1cnc(NC2CCC(CNC(=O)c3ccc(Cl)cc3)CC2)nc1N(C)C. The van der Waals surface area contributed by atoms with E-state index < -0.39 is 0 Å². The molecule has 1 fully saturated rings. The highest BCUT2D eigenvalue weighted by Crippen LogP contribution is 2.26. The Bertz CT molecular complexity index is 801. The number of benzene rings is 1. The van der Waals surface area contributed by atoms with Crippen LogP contribution in [-0.2, 0) is 0 Å². The minimum atomic E-state index is -0.0406. The lowest BCUT2D eigenvalue weighted by Crippen LogP contribution is -2.34. The van der Waals surface area contributed by atoms with Gasteiger partial charge in [-0.25, -0.2) is 4.98 Å². The monoisotopic (exact) mass is 401 g/mol. The van der Waals surface area contributed by atoms with E-state index in [0.717, 1.165) is 37.1 Å². The van der Waals surface area contributed by atoms with Gasteiger partial charge in [-0.15, -0.1) is 0 Å². The van der Waals surface area contributed by atoms with Gasteiger partial charge in [0, 0.05) is 49.0 Å². The summed E-state index contributed by atoms with van der Waals surface area (Å²) in [5, 5.41) is 7.15. The van der Waals surface area contributed by atoms with Crippen LogP contribution in [-0.4, -0.2) is 42.6 Å². The third-order valence-corrected chi connectivity index (χ3v) is 5.46. The van der Waals surface area contributed by atoms with E-state index in [9.17, 15) is 4.79 Å². The van der Waals surface area contributed by atoms with Crippen LogP contribution in [0.5, 0.6) is 0 Å². The molecule has 0 saturated heterocycles. The number of hydrogen-bond donors (Lipinski definition) is 2. The summed E-state index contributed by atoms with van der Waals surface area (Å²) in [5.41, 5.74) is 1.71. The summed E-state index contributed by atoms with van der Waals surface area (Å²) in [4.78, 5) is 23.3. The first-order chi connectivity index (χ1) is 13.4. The average Bonchev–Trinajstić information content (AvgIpc) is 2.69. The predicted molar refractivity (Wildman–Crippen MR) is 114 cm³/mol. The molecule has 7 heteroatoms. The zero-order chi connectivity index (χ0) is 20.1. The van der Waals surface area contributed by atoms with Crippen molar-refractivity contribution in [3.8, 4) is 0 Å². The molecule has 0 unspecified atom stereocenters. The second kappa shape index (κ2) is 9.24. The van der Waals surface area contributed by atoms with Gasteiger partial charge < -0.3 is 15.5 Å². The number of hydrogen-bond acceptors (Lipinski definition) is 5. The standard InChI is InChI=1S/C21H28ClN5O/c1-14-12-24-21(26-19(14)27(2)3)25-18-10-4-15(5-11-18)13-23-20(28)16-6-8-17(22)9-7-16/h6-9,12,15,18H,4-5,10-11,13H2,1-3H3,(H,23,28)(H,24,25,26). The Morgan fingerprint density at radius 2 is 1.86 bits per heavy atom. The average molecular weight is 402 g/mol. The Balaban J connectivity index is 1.45. The largest absolute Gasteiger partial charge is 0.362 e. The topological polar surface area (TPSA) is 70.1 Å². The maximum atomic E-state index is 12.2. The van der Waals surface area contributed by atoms with Gasteiger partial charge >= 0.3 is 0 Å². The van der Waals surface area contributed by atoms with Crippen molar-refractivity contribution in [3.63, 3.8) is 0 Å². The van der Waals surface area contributed by atoms with Gasteiger partial charge in [0.2, 0.25) is 5.95 Å². The Morgan fingerprint density at radius 1 is 1.18 bits per heavy atom. The lowest BCUT2D eigenvalue weighted by atomic mass is 9.86. The predicted octanol–water partition coefficient (Wildman–Crippen LogP) is 3.91. The first-order valence-electron chi connectivity index (χ1n) is 9.73. The summed E-state index contributed by atoms with van der Waals surface area (Å²) in [6.45, 7) is 2.72. The first kappa shape index (κ1) is 20.4. The normalized spacial score (nSPS) is 19.1. The van der Waals surface area contributed by atoms with Gasteiger partial charge in [-0.3, -0.25) is 4.79 Å².